The molecule has 0 atom stereocenters. The monoisotopic (exact) mass is 355 g/mol. The minimum Gasteiger partial charge on any atom is -0.329 e. The van der Waals surface area contributed by atoms with E-state index in [0.29, 0.717) is 16.7 Å². The van der Waals surface area contributed by atoms with Crippen molar-refractivity contribution in [2.75, 3.05) is 11.9 Å². The first-order valence-electron chi connectivity index (χ1n) is 6.94. The van der Waals surface area contributed by atoms with E-state index in [9.17, 15) is 14.9 Å². The average molecular weight is 356 g/mol. The van der Waals surface area contributed by atoms with E-state index in [2.05, 4.69) is 21.2 Å². The average Bonchev–Trinajstić information content (AvgIpc) is 2.47. The van der Waals surface area contributed by atoms with Gasteiger partial charge in [-0.05, 0) is 40.9 Å². The number of carbonyl (C=O) groups excluding carboxylic acids is 1. The molecule has 0 aromatic heterocycles. The van der Waals surface area contributed by atoms with Crippen LogP contribution in [0.4, 0.5) is 11.4 Å². The van der Waals surface area contributed by atoms with Gasteiger partial charge in [0.25, 0.3) is 5.69 Å². The first-order chi connectivity index (χ1) is 9.98. The molecule has 114 valence electrons. The van der Waals surface area contributed by atoms with Gasteiger partial charge in [-0.25, -0.2) is 0 Å². The number of nitro benzene ring substituents is 1. The molecule has 7 heteroatoms. The summed E-state index contributed by atoms with van der Waals surface area (Å²) in [5, 5.41) is 13.6. The van der Waals surface area contributed by atoms with Crippen LogP contribution in [0.1, 0.15) is 32.1 Å². The Balaban J connectivity index is 2.15. The second-order valence-electron chi connectivity index (χ2n) is 5.42. The molecule has 1 fully saturated rings. The first-order valence-corrected chi connectivity index (χ1v) is 7.73. The van der Waals surface area contributed by atoms with Crippen LogP contribution in [-0.4, -0.2) is 17.4 Å². The number of hydrogen-bond donors (Lipinski definition) is 2. The molecule has 0 radical (unpaired) electrons. The van der Waals surface area contributed by atoms with E-state index in [1.165, 1.54) is 12.1 Å². The number of hydrogen-bond acceptors (Lipinski definition) is 4. The number of nitrogens with two attached hydrogens (primary N) is 1. The van der Waals surface area contributed by atoms with Gasteiger partial charge in [-0.1, -0.05) is 19.3 Å². The van der Waals surface area contributed by atoms with Gasteiger partial charge in [-0.3, -0.25) is 14.9 Å². The minimum atomic E-state index is -0.507. The molecule has 6 nitrogen and oxygen atoms in total. The van der Waals surface area contributed by atoms with Crippen molar-refractivity contribution in [3.63, 3.8) is 0 Å². The molecular weight excluding hydrogens is 338 g/mol. The van der Waals surface area contributed by atoms with Crippen LogP contribution >= 0.6 is 15.9 Å². The molecule has 0 bridgehead atoms. The van der Waals surface area contributed by atoms with Gasteiger partial charge in [-0.15, -0.1) is 0 Å². The number of nitrogens with zero attached hydrogens (tertiary/aromatic N) is 1. The Bertz CT molecular complexity index is 556. The van der Waals surface area contributed by atoms with Gasteiger partial charge in [0.2, 0.25) is 5.91 Å². The number of halogens is 1. The highest BCUT2D eigenvalue weighted by Gasteiger charge is 2.38. The molecule has 0 aliphatic heterocycles. The van der Waals surface area contributed by atoms with E-state index in [1.807, 2.05) is 0 Å². The topological polar surface area (TPSA) is 98.3 Å². The van der Waals surface area contributed by atoms with Crippen molar-refractivity contribution in [3.8, 4) is 0 Å². The van der Waals surface area contributed by atoms with Gasteiger partial charge in [0.05, 0.1) is 14.8 Å². The second-order valence-corrected chi connectivity index (χ2v) is 6.28. The van der Waals surface area contributed by atoms with E-state index in [1.54, 1.807) is 6.07 Å². The highest BCUT2D eigenvalue weighted by molar-refractivity contribution is 9.10. The summed E-state index contributed by atoms with van der Waals surface area (Å²) >= 11 is 3.15. The summed E-state index contributed by atoms with van der Waals surface area (Å²) in [7, 11) is 0. The number of anilines is 1. The predicted molar refractivity (Wildman–Crippen MR) is 84.0 cm³/mol. The highest BCUT2D eigenvalue weighted by Crippen LogP contribution is 2.37. The largest absolute Gasteiger partial charge is 0.329 e. The number of carbonyl (C=O) groups is 1. The van der Waals surface area contributed by atoms with Gasteiger partial charge < -0.3 is 11.1 Å². The molecule has 0 unspecified atom stereocenters. The van der Waals surface area contributed by atoms with Gasteiger partial charge in [0.1, 0.15) is 0 Å². The van der Waals surface area contributed by atoms with Crippen LogP contribution in [0.5, 0.6) is 0 Å². The lowest BCUT2D eigenvalue weighted by Crippen LogP contribution is -2.43. The van der Waals surface area contributed by atoms with E-state index in [-0.39, 0.29) is 11.6 Å². The van der Waals surface area contributed by atoms with Gasteiger partial charge in [-0.2, -0.15) is 0 Å². The van der Waals surface area contributed by atoms with Crippen molar-refractivity contribution in [2.45, 2.75) is 32.1 Å². The van der Waals surface area contributed by atoms with Crippen LogP contribution in [0.3, 0.4) is 0 Å². The summed E-state index contributed by atoms with van der Waals surface area (Å²) in [5.41, 5.74) is 5.83. The molecule has 1 aliphatic carbocycles. The Kier molecular flexibility index (Phi) is 4.95. The van der Waals surface area contributed by atoms with Crippen LogP contribution in [0.15, 0.2) is 22.7 Å². The fourth-order valence-electron chi connectivity index (χ4n) is 2.75. The van der Waals surface area contributed by atoms with E-state index < -0.39 is 10.3 Å². The van der Waals surface area contributed by atoms with Crippen molar-refractivity contribution in [1.82, 2.24) is 0 Å². The first kappa shape index (κ1) is 15.9. The maximum Gasteiger partial charge on any atom is 0.283 e. The molecule has 1 amide bonds. The number of nitrogens with one attached hydrogen (secondary N) is 1. The van der Waals surface area contributed by atoms with Crippen molar-refractivity contribution in [3.05, 3.63) is 32.8 Å². The SMILES string of the molecule is NCC1(C(=O)Nc2ccc([N+](=O)[O-])c(Br)c2)CCCCC1. The highest BCUT2D eigenvalue weighted by atomic mass is 79.9. The Hall–Kier alpha value is -1.47. The lowest BCUT2D eigenvalue weighted by molar-refractivity contribution is -0.385. The van der Waals surface area contributed by atoms with Crippen LogP contribution in [0, 0.1) is 15.5 Å². The molecule has 3 N–H and O–H groups in total. The molecule has 0 saturated heterocycles. The van der Waals surface area contributed by atoms with Crippen molar-refractivity contribution in [2.24, 2.45) is 11.1 Å². The fourth-order valence-corrected chi connectivity index (χ4v) is 3.27. The minimum absolute atomic E-state index is 0.0285. The van der Waals surface area contributed by atoms with E-state index in [0.717, 1.165) is 32.1 Å². The van der Waals surface area contributed by atoms with Crippen LogP contribution < -0.4 is 11.1 Å². The molecule has 0 heterocycles. The fraction of sp³-hybridized carbons (Fsp3) is 0.500. The Morgan fingerprint density at radius 3 is 2.57 bits per heavy atom. The second kappa shape index (κ2) is 6.53. The summed E-state index contributed by atoms with van der Waals surface area (Å²) < 4.78 is 0.343. The number of benzene rings is 1. The van der Waals surface area contributed by atoms with Crippen molar-refractivity contribution in [1.29, 1.82) is 0 Å². The summed E-state index contributed by atoms with van der Waals surface area (Å²) in [6.45, 7) is 0.326. The Morgan fingerprint density at radius 1 is 1.38 bits per heavy atom. The Morgan fingerprint density at radius 2 is 2.05 bits per heavy atom. The third-order valence-electron chi connectivity index (χ3n) is 4.09. The normalized spacial score (nSPS) is 17.2. The maximum atomic E-state index is 12.5. The van der Waals surface area contributed by atoms with Gasteiger partial charge in [0, 0.05) is 18.3 Å². The lowest BCUT2D eigenvalue weighted by Gasteiger charge is -2.34. The summed E-state index contributed by atoms with van der Waals surface area (Å²) in [4.78, 5) is 22.8. The quantitative estimate of drug-likeness (QED) is 0.639. The van der Waals surface area contributed by atoms with Crippen LogP contribution in [-0.2, 0) is 4.79 Å². The standard InChI is InChI=1S/C14H18BrN3O3/c15-11-8-10(4-5-12(11)18(20)21)17-13(19)14(9-16)6-2-1-3-7-14/h4-5,8H,1-3,6-7,9,16H2,(H,17,19). The number of rotatable bonds is 4. The van der Waals surface area contributed by atoms with Crippen LogP contribution in [0.25, 0.3) is 0 Å². The van der Waals surface area contributed by atoms with E-state index in [4.69, 9.17) is 5.73 Å². The zero-order chi connectivity index (χ0) is 15.5. The molecule has 1 aromatic carbocycles. The summed E-state index contributed by atoms with van der Waals surface area (Å²) in [5.74, 6) is -0.0922. The van der Waals surface area contributed by atoms with E-state index >= 15 is 0 Å². The Labute approximate surface area is 131 Å². The predicted octanol–water partition coefficient (Wildman–Crippen LogP) is 3.21. The molecular formula is C14H18BrN3O3. The van der Waals surface area contributed by atoms with Gasteiger partial charge in [0.15, 0.2) is 0 Å². The summed E-state index contributed by atoms with van der Waals surface area (Å²) in [6, 6.07) is 4.45. The third-order valence-corrected chi connectivity index (χ3v) is 4.72. The summed E-state index contributed by atoms with van der Waals surface area (Å²) in [6.07, 6.45) is 4.74. The number of amides is 1. The smallest absolute Gasteiger partial charge is 0.283 e. The van der Waals surface area contributed by atoms with Crippen molar-refractivity contribution < 1.29 is 9.72 Å². The van der Waals surface area contributed by atoms with Crippen LogP contribution in [0.2, 0.25) is 0 Å². The molecule has 1 saturated carbocycles. The maximum absolute atomic E-state index is 12.5. The lowest BCUT2D eigenvalue weighted by atomic mass is 9.73. The van der Waals surface area contributed by atoms with Gasteiger partial charge >= 0.3 is 0 Å². The third kappa shape index (κ3) is 3.41. The zero-order valence-electron chi connectivity index (χ0n) is 11.6. The molecule has 0 spiro atoms. The molecule has 1 aromatic rings. The van der Waals surface area contributed by atoms with Crippen molar-refractivity contribution >= 4 is 33.2 Å². The molecule has 1 aliphatic rings. The number of nitro groups is 1. The molecule has 2 rings (SSSR count). The molecule has 21 heavy (non-hydrogen) atoms. The zero-order valence-corrected chi connectivity index (χ0v) is 13.2.